The van der Waals surface area contributed by atoms with Crippen molar-refractivity contribution in [3.63, 3.8) is 0 Å². The van der Waals surface area contributed by atoms with E-state index in [4.69, 9.17) is 5.73 Å². The number of nitrogens with two attached hydrogens (primary N) is 1. The van der Waals surface area contributed by atoms with Gasteiger partial charge in [0.1, 0.15) is 11.3 Å². The normalized spacial score (nSPS) is 16.7. The smallest absolute Gasteiger partial charge is 0.270 e. The first-order chi connectivity index (χ1) is 17.7. The first kappa shape index (κ1) is 27.8. The van der Waals surface area contributed by atoms with Crippen molar-refractivity contribution in [2.24, 2.45) is 0 Å². The molecule has 0 aromatic carbocycles. The standard InChI is InChI=1S/C12H15N3.C11H17N3.C4H10O3/c1-2-5-10(6-3-1)15-9-14-11-7-4-8-13-12(11)15;12-10-7-4-8-13-11(10)14-9-5-2-1-3-6-9;1-5-4(6-2)7-3/h4,7-10H,1-3,5-6H2;4,7-9H,1-3,5-6,12H2,(H,13,14);4H,1-3H3. The van der Waals surface area contributed by atoms with E-state index in [1.54, 1.807) is 6.20 Å². The highest BCUT2D eigenvalue weighted by Crippen LogP contribution is 2.30. The van der Waals surface area contributed by atoms with E-state index in [0.717, 1.165) is 22.7 Å². The van der Waals surface area contributed by atoms with E-state index in [1.807, 2.05) is 36.8 Å². The number of methoxy groups -OCH3 is 3. The molecule has 3 aromatic heterocycles. The molecule has 5 rings (SSSR count). The summed E-state index contributed by atoms with van der Waals surface area (Å²) in [6, 6.07) is 8.92. The summed E-state index contributed by atoms with van der Waals surface area (Å²) in [7, 11) is 4.53. The Kier molecular flexibility index (Phi) is 11.9. The van der Waals surface area contributed by atoms with Gasteiger partial charge in [-0.15, -0.1) is 0 Å². The molecule has 0 bridgehead atoms. The molecule has 2 fully saturated rings. The highest BCUT2D eigenvalue weighted by Gasteiger charge is 2.17. The summed E-state index contributed by atoms with van der Waals surface area (Å²) >= 11 is 0. The van der Waals surface area contributed by atoms with E-state index >= 15 is 0 Å². The highest BCUT2D eigenvalue weighted by molar-refractivity contribution is 5.70. The topological polar surface area (TPSA) is 109 Å². The van der Waals surface area contributed by atoms with Crippen LogP contribution < -0.4 is 11.1 Å². The molecule has 3 heterocycles. The highest BCUT2D eigenvalue weighted by atomic mass is 16.8. The molecule has 198 valence electrons. The Morgan fingerprint density at radius 1 is 0.833 bits per heavy atom. The van der Waals surface area contributed by atoms with Crippen molar-refractivity contribution in [1.29, 1.82) is 0 Å². The molecule has 36 heavy (non-hydrogen) atoms. The van der Waals surface area contributed by atoms with Crippen LogP contribution in [0.5, 0.6) is 0 Å². The van der Waals surface area contributed by atoms with E-state index in [-0.39, 0.29) is 0 Å². The molecule has 9 heteroatoms. The Hall–Kier alpha value is -2.75. The average molecular weight is 499 g/mol. The summed E-state index contributed by atoms with van der Waals surface area (Å²) in [4.78, 5) is 13.0. The van der Waals surface area contributed by atoms with Gasteiger partial charge in [-0.3, -0.25) is 0 Å². The van der Waals surface area contributed by atoms with Gasteiger partial charge in [0.2, 0.25) is 0 Å². The Morgan fingerprint density at radius 3 is 2.06 bits per heavy atom. The number of nitrogen functional groups attached to an aromatic ring is 1. The van der Waals surface area contributed by atoms with Crippen LogP contribution >= 0.6 is 0 Å². The molecule has 0 aliphatic heterocycles. The van der Waals surface area contributed by atoms with Crippen molar-refractivity contribution in [3.8, 4) is 0 Å². The van der Waals surface area contributed by atoms with Crippen molar-refractivity contribution in [2.75, 3.05) is 32.4 Å². The summed E-state index contributed by atoms with van der Waals surface area (Å²) in [5, 5.41) is 3.41. The maximum absolute atomic E-state index is 5.81. The maximum atomic E-state index is 5.81. The Labute approximate surface area is 214 Å². The number of nitrogens with one attached hydrogen (secondary N) is 1. The molecular weight excluding hydrogens is 456 g/mol. The molecule has 3 N–H and O–H groups in total. The monoisotopic (exact) mass is 498 g/mol. The van der Waals surface area contributed by atoms with Crippen LogP contribution in [0.25, 0.3) is 11.2 Å². The number of hydrogen-bond donors (Lipinski definition) is 2. The van der Waals surface area contributed by atoms with Crippen molar-refractivity contribution in [2.45, 2.75) is 82.8 Å². The number of nitrogens with zero attached hydrogens (tertiary/aromatic N) is 4. The Morgan fingerprint density at radius 2 is 1.44 bits per heavy atom. The van der Waals surface area contributed by atoms with Crippen LogP contribution in [0.3, 0.4) is 0 Å². The fourth-order valence-corrected chi connectivity index (χ4v) is 4.76. The number of pyridine rings is 2. The summed E-state index contributed by atoms with van der Waals surface area (Å²) in [5.74, 6) is 0.847. The van der Waals surface area contributed by atoms with Gasteiger partial charge in [-0.2, -0.15) is 0 Å². The molecule has 2 aliphatic rings. The second-order valence-electron chi connectivity index (χ2n) is 9.21. The van der Waals surface area contributed by atoms with Gasteiger partial charge in [-0.25, -0.2) is 15.0 Å². The summed E-state index contributed by atoms with van der Waals surface area (Å²) in [5.41, 5.74) is 8.62. The minimum atomic E-state index is -0.514. The van der Waals surface area contributed by atoms with Crippen LogP contribution in [-0.2, 0) is 14.2 Å². The molecule has 2 aliphatic carbocycles. The zero-order chi connectivity index (χ0) is 25.6. The largest absolute Gasteiger partial charge is 0.396 e. The predicted octanol–water partition coefficient (Wildman–Crippen LogP) is 5.55. The number of imidazole rings is 1. The van der Waals surface area contributed by atoms with E-state index in [9.17, 15) is 0 Å². The predicted molar refractivity (Wildman–Crippen MR) is 144 cm³/mol. The van der Waals surface area contributed by atoms with E-state index < -0.39 is 6.48 Å². The number of rotatable bonds is 6. The third-order valence-corrected chi connectivity index (χ3v) is 6.66. The van der Waals surface area contributed by atoms with Gasteiger partial charge < -0.3 is 29.8 Å². The van der Waals surface area contributed by atoms with Gasteiger partial charge in [0.25, 0.3) is 6.48 Å². The summed E-state index contributed by atoms with van der Waals surface area (Å²) in [6.45, 7) is -0.514. The zero-order valence-electron chi connectivity index (χ0n) is 21.9. The van der Waals surface area contributed by atoms with Crippen LogP contribution in [0.2, 0.25) is 0 Å². The minimum absolute atomic E-state index is 0.514. The average Bonchev–Trinajstić information content (AvgIpc) is 3.37. The number of fused-ring (bicyclic) bond motifs is 1. The van der Waals surface area contributed by atoms with Crippen molar-refractivity contribution >= 4 is 22.7 Å². The Balaban J connectivity index is 0.000000161. The first-order valence-electron chi connectivity index (χ1n) is 13.0. The molecule has 9 nitrogen and oxygen atoms in total. The van der Waals surface area contributed by atoms with Crippen LogP contribution in [-0.4, -0.2) is 53.4 Å². The Bertz CT molecular complexity index is 992. The fourth-order valence-electron chi connectivity index (χ4n) is 4.76. The van der Waals surface area contributed by atoms with E-state index in [0.29, 0.717) is 12.1 Å². The molecule has 0 spiro atoms. The van der Waals surface area contributed by atoms with Gasteiger partial charge >= 0.3 is 0 Å². The zero-order valence-corrected chi connectivity index (χ0v) is 21.9. The summed E-state index contributed by atoms with van der Waals surface area (Å²) in [6.07, 6.45) is 18.7. The van der Waals surface area contributed by atoms with Crippen molar-refractivity contribution in [1.82, 2.24) is 19.5 Å². The molecule has 0 radical (unpaired) electrons. The fraction of sp³-hybridized carbons (Fsp3) is 0.593. The molecular formula is C27H42N6O3. The van der Waals surface area contributed by atoms with Crippen LogP contribution in [0.1, 0.15) is 70.3 Å². The van der Waals surface area contributed by atoms with Crippen LogP contribution in [0, 0.1) is 0 Å². The lowest BCUT2D eigenvalue weighted by molar-refractivity contribution is -0.252. The number of hydrogen-bond acceptors (Lipinski definition) is 8. The minimum Gasteiger partial charge on any atom is -0.396 e. The second-order valence-corrected chi connectivity index (χ2v) is 9.21. The number of anilines is 2. The van der Waals surface area contributed by atoms with Gasteiger partial charge in [0.15, 0.2) is 5.65 Å². The van der Waals surface area contributed by atoms with Crippen LogP contribution in [0.4, 0.5) is 11.5 Å². The lowest BCUT2D eigenvalue weighted by atomic mass is 9.95. The third kappa shape index (κ3) is 8.43. The first-order valence-corrected chi connectivity index (χ1v) is 13.0. The number of aromatic nitrogens is 4. The SMILES string of the molecule is COC(OC)OC.Nc1cccnc1NC1CCCCC1.c1cnc2c(c1)ncn2C1CCCCC1. The quantitative estimate of drug-likeness (QED) is 0.426. The molecule has 0 saturated heterocycles. The molecule has 0 unspecified atom stereocenters. The molecule has 0 amide bonds. The lowest BCUT2D eigenvalue weighted by Crippen LogP contribution is -2.23. The lowest BCUT2D eigenvalue weighted by Gasteiger charge is -2.23. The molecule has 2 saturated carbocycles. The van der Waals surface area contributed by atoms with Gasteiger partial charge in [0.05, 0.1) is 12.0 Å². The van der Waals surface area contributed by atoms with Gasteiger partial charge in [0, 0.05) is 45.8 Å². The number of ether oxygens (including phenoxy) is 3. The van der Waals surface area contributed by atoms with Crippen LogP contribution in [0.15, 0.2) is 43.0 Å². The van der Waals surface area contributed by atoms with Gasteiger partial charge in [-0.05, 0) is 49.9 Å². The van der Waals surface area contributed by atoms with Crippen molar-refractivity contribution < 1.29 is 14.2 Å². The second kappa shape index (κ2) is 15.4. The van der Waals surface area contributed by atoms with Crippen molar-refractivity contribution in [3.05, 3.63) is 43.0 Å². The summed E-state index contributed by atoms with van der Waals surface area (Å²) < 4.78 is 16.1. The van der Waals surface area contributed by atoms with E-state index in [2.05, 4.69) is 39.0 Å². The third-order valence-electron chi connectivity index (χ3n) is 6.66. The van der Waals surface area contributed by atoms with Gasteiger partial charge in [-0.1, -0.05) is 38.5 Å². The molecule has 3 aromatic rings. The molecule has 0 atom stereocenters. The van der Waals surface area contributed by atoms with E-state index in [1.165, 1.54) is 85.5 Å². The maximum Gasteiger partial charge on any atom is 0.270 e.